The molecule has 2 aliphatic carbocycles. The van der Waals surface area contributed by atoms with Crippen molar-refractivity contribution in [3.63, 3.8) is 0 Å². The molecule has 4 unspecified atom stereocenters. The van der Waals surface area contributed by atoms with Crippen molar-refractivity contribution < 1.29 is 14.3 Å². The van der Waals surface area contributed by atoms with Crippen LogP contribution in [0.4, 0.5) is 11.4 Å². The topological polar surface area (TPSA) is 109 Å². The fourth-order valence-electron chi connectivity index (χ4n) is 6.62. The van der Waals surface area contributed by atoms with Crippen LogP contribution in [0.1, 0.15) is 56.7 Å². The standard InChI is InChI=1S/C26H34N6O3/c1-13(2)20-11-22(24(35-4)32-29-20)27-23-16-7-5-14(9-21(16)30-31-23)18-12-26(18)17-10-15(34-3)6-8-19(17)28-25(26)33/h6,8,10-11,13-14,16,18,21,23,30-31H,5,7,9,12H2,1-4H3,(H,27,29)(H,28,33)/t14?,16?,18-,21?,23?,26-/m0/s1. The molecule has 1 aromatic carbocycles. The Bertz CT molecular complexity index is 1160. The molecule has 9 heteroatoms. The summed E-state index contributed by atoms with van der Waals surface area (Å²) in [4.78, 5) is 13.1. The van der Waals surface area contributed by atoms with Crippen LogP contribution in [0.2, 0.25) is 0 Å². The molecule has 6 rings (SSSR count). The number of benzene rings is 1. The first-order valence-electron chi connectivity index (χ1n) is 12.6. The number of carbonyl (C=O) groups is 1. The monoisotopic (exact) mass is 478 g/mol. The number of methoxy groups -OCH3 is 2. The van der Waals surface area contributed by atoms with Crippen LogP contribution in [-0.4, -0.2) is 42.5 Å². The van der Waals surface area contributed by atoms with Gasteiger partial charge >= 0.3 is 0 Å². The molecule has 1 amide bonds. The number of ether oxygens (including phenoxy) is 2. The minimum Gasteiger partial charge on any atom is -0.497 e. The average Bonchev–Trinajstić information content (AvgIpc) is 3.42. The van der Waals surface area contributed by atoms with Gasteiger partial charge in [-0.25, -0.2) is 5.43 Å². The molecule has 2 aromatic rings. The van der Waals surface area contributed by atoms with E-state index in [9.17, 15) is 4.79 Å². The molecule has 0 radical (unpaired) electrons. The van der Waals surface area contributed by atoms with Gasteiger partial charge in [-0.15, -0.1) is 5.10 Å². The fraction of sp³-hybridized carbons (Fsp3) is 0.577. The largest absolute Gasteiger partial charge is 0.497 e. The molecule has 9 nitrogen and oxygen atoms in total. The van der Waals surface area contributed by atoms with Crippen molar-refractivity contribution >= 4 is 17.3 Å². The Kier molecular flexibility index (Phi) is 5.37. The lowest BCUT2D eigenvalue weighted by Gasteiger charge is -2.34. The van der Waals surface area contributed by atoms with Gasteiger partial charge < -0.3 is 20.1 Å². The lowest BCUT2D eigenvalue weighted by Crippen LogP contribution is -2.39. The average molecular weight is 479 g/mol. The number of hydrogen-bond acceptors (Lipinski definition) is 8. The highest BCUT2D eigenvalue weighted by molar-refractivity contribution is 6.09. The smallest absolute Gasteiger partial charge is 0.256 e. The van der Waals surface area contributed by atoms with Crippen LogP contribution in [-0.2, 0) is 10.2 Å². The van der Waals surface area contributed by atoms with Crippen molar-refractivity contribution in [2.75, 3.05) is 24.9 Å². The molecule has 186 valence electrons. The van der Waals surface area contributed by atoms with Crippen molar-refractivity contribution in [1.29, 1.82) is 0 Å². The second kappa shape index (κ2) is 8.34. The zero-order valence-corrected chi connectivity index (χ0v) is 20.7. The maximum Gasteiger partial charge on any atom is 0.256 e. The molecule has 35 heavy (non-hydrogen) atoms. The number of hydrogen-bond donors (Lipinski definition) is 4. The summed E-state index contributed by atoms with van der Waals surface area (Å²) in [5, 5.41) is 15.3. The van der Waals surface area contributed by atoms with Crippen LogP contribution in [0.25, 0.3) is 0 Å². The summed E-state index contributed by atoms with van der Waals surface area (Å²) in [6.45, 7) is 4.22. The zero-order valence-electron chi connectivity index (χ0n) is 20.7. The first-order chi connectivity index (χ1) is 16.9. The van der Waals surface area contributed by atoms with E-state index in [1.165, 1.54) is 0 Å². The molecule has 1 aromatic heterocycles. The van der Waals surface area contributed by atoms with E-state index < -0.39 is 0 Å². The Hall–Kier alpha value is -2.91. The lowest BCUT2D eigenvalue weighted by atomic mass is 9.74. The summed E-state index contributed by atoms with van der Waals surface area (Å²) in [7, 11) is 3.30. The summed E-state index contributed by atoms with van der Waals surface area (Å²) in [6.07, 6.45) is 4.26. The van der Waals surface area contributed by atoms with Crippen LogP contribution in [0.3, 0.4) is 0 Å². The van der Waals surface area contributed by atoms with Crippen LogP contribution >= 0.6 is 0 Å². The number of aromatic nitrogens is 2. The molecule has 1 saturated heterocycles. The van der Waals surface area contributed by atoms with Gasteiger partial charge in [0.25, 0.3) is 5.88 Å². The van der Waals surface area contributed by atoms with E-state index in [-0.39, 0.29) is 23.4 Å². The van der Waals surface area contributed by atoms with Crippen molar-refractivity contribution in [1.82, 2.24) is 21.0 Å². The van der Waals surface area contributed by atoms with E-state index in [1.807, 2.05) is 18.2 Å². The van der Waals surface area contributed by atoms with Crippen LogP contribution in [0.15, 0.2) is 24.3 Å². The van der Waals surface area contributed by atoms with E-state index in [4.69, 9.17) is 9.47 Å². The number of nitrogens with one attached hydrogen (secondary N) is 4. The number of hydrazine groups is 1. The first-order valence-corrected chi connectivity index (χ1v) is 12.6. The highest BCUT2D eigenvalue weighted by Crippen LogP contribution is 2.65. The van der Waals surface area contributed by atoms with Crippen LogP contribution in [0.5, 0.6) is 11.6 Å². The molecule has 2 saturated carbocycles. The van der Waals surface area contributed by atoms with E-state index in [1.54, 1.807) is 14.2 Å². The maximum absolute atomic E-state index is 13.1. The molecule has 4 N–H and O–H groups in total. The predicted octanol–water partition coefficient (Wildman–Crippen LogP) is 3.16. The first kappa shape index (κ1) is 22.5. The highest BCUT2D eigenvalue weighted by Gasteiger charge is 2.67. The van der Waals surface area contributed by atoms with Crippen molar-refractivity contribution in [3.05, 3.63) is 35.5 Å². The number of rotatable bonds is 6. The summed E-state index contributed by atoms with van der Waals surface area (Å²) in [6, 6.07) is 8.33. The van der Waals surface area contributed by atoms with Crippen molar-refractivity contribution in [3.8, 4) is 11.6 Å². The highest BCUT2D eigenvalue weighted by atomic mass is 16.5. The SMILES string of the molecule is COc1ccc2c(c1)[C@]1(C[C@H]1C1CCC3C(C1)NNC3Nc1cc(C(C)C)nnc1OC)C(=O)N2. The van der Waals surface area contributed by atoms with Gasteiger partial charge in [-0.2, -0.15) is 5.10 Å². The van der Waals surface area contributed by atoms with Gasteiger partial charge in [0.05, 0.1) is 31.5 Å². The zero-order chi connectivity index (χ0) is 24.3. The van der Waals surface area contributed by atoms with Gasteiger partial charge in [0.1, 0.15) is 11.4 Å². The summed E-state index contributed by atoms with van der Waals surface area (Å²) >= 11 is 0. The Morgan fingerprint density at radius 2 is 1.97 bits per heavy atom. The second-order valence-corrected chi connectivity index (χ2v) is 10.7. The third-order valence-electron chi connectivity index (χ3n) is 8.62. The number of fused-ring (bicyclic) bond motifs is 3. The number of nitrogens with zero attached hydrogens (tertiary/aromatic N) is 2. The molecule has 1 spiro atoms. The van der Waals surface area contributed by atoms with Gasteiger partial charge in [-0.05, 0) is 73.3 Å². The summed E-state index contributed by atoms with van der Waals surface area (Å²) < 4.78 is 10.9. The Morgan fingerprint density at radius 1 is 1.11 bits per heavy atom. The van der Waals surface area contributed by atoms with Gasteiger partial charge in [0, 0.05) is 17.6 Å². The van der Waals surface area contributed by atoms with E-state index in [0.717, 1.165) is 54.1 Å². The third kappa shape index (κ3) is 3.55. The molecule has 6 atom stereocenters. The predicted molar refractivity (Wildman–Crippen MR) is 132 cm³/mol. The minimum atomic E-state index is -0.381. The Balaban J connectivity index is 1.15. The molecule has 2 aliphatic heterocycles. The summed E-state index contributed by atoms with van der Waals surface area (Å²) in [5.74, 6) is 3.09. The molecule has 0 bridgehead atoms. The van der Waals surface area contributed by atoms with Gasteiger partial charge in [0.2, 0.25) is 5.91 Å². The van der Waals surface area contributed by atoms with Gasteiger partial charge in [-0.3, -0.25) is 10.2 Å². The number of amides is 1. The summed E-state index contributed by atoms with van der Waals surface area (Å²) in [5.41, 5.74) is 10.5. The van der Waals surface area contributed by atoms with Crippen LogP contribution < -0.4 is 31.0 Å². The maximum atomic E-state index is 13.1. The molecule has 4 aliphatic rings. The van der Waals surface area contributed by atoms with Crippen molar-refractivity contribution in [2.45, 2.75) is 63.1 Å². The van der Waals surface area contributed by atoms with Crippen molar-refractivity contribution in [2.24, 2.45) is 17.8 Å². The normalized spacial score (nSPS) is 32.8. The number of anilines is 2. The quantitative estimate of drug-likeness (QED) is 0.501. The van der Waals surface area contributed by atoms with E-state index >= 15 is 0 Å². The second-order valence-electron chi connectivity index (χ2n) is 10.7. The van der Waals surface area contributed by atoms with Crippen LogP contribution in [0, 0.1) is 17.8 Å². The Morgan fingerprint density at radius 3 is 2.74 bits per heavy atom. The lowest BCUT2D eigenvalue weighted by molar-refractivity contribution is -0.118. The van der Waals surface area contributed by atoms with E-state index in [2.05, 4.69) is 51.6 Å². The third-order valence-corrected chi connectivity index (χ3v) is 8.62. The molecule has 3 fully saturated rings. The van der Waals surface area contributed by atoms with Gasteiger partial charge in [-0.1, -0.05) is 13.8 Å². The number of carbonyl (C=O) groups excluding carboxylic acids is 1. The van der Waals surface area contributed by atoms with E-state index in [0.29, 0.717) is 29.7 Å². The minimum absolute atomic E-state index is 0.0759. The Labute approximate surface area is 205 Å². The molecular formula is C26H34N6O3. The van der Waals surface area contributed by atoms with Gasteiger partial charge in [0.15, 0.2) is 0 Å². The molecular weight excluding hydrogens is 444 g/mol. The molecule has 3 heterocycles. The fourth-order valence-corrected chi connectivity index (χ4v) is 6.62.